The number of nitrogens with one attached hydrogen (secondary N) is 2. The van der Waals surface area contributed by atoms with Gasteiger partial charge in [0.15, 0.2) is 6.54 Å². The van der Waals surface area contributed by atoms with Crippen molar-refractivity contribution in [2.45, 2.75) is 6.04 Å². The molecule has 3 rings (SSSR count). The first-order valence-electron chi connectivity index (χ1n) is 10.4. The molecule has 170 valence electrons. The van der Waals surface area contributed by atoms with Crippen LogP contribution < -0.4 is 16.0 Å². The Morgan fingerprint density at radius 2 is 1.64 bits per heavy atom. The highest BCUT2D eigenvalue weighted by atomic mass is 79.9. The maximum Gasteiger partial charge on any atom is 0.361 e. The number of nitrogens with two attached hydrogens (primary N) is 1. The van der Waals surface area contributed by atoms with Crippen molar-refractivity contribution in [1.82, 2.24) is 5.32 Å². The van der Waals surface area contributed by atoms with Crippen molar-refractivity contribution in [3.63, 3.8) is 0 Å². The molecule has 0 heterocycles. The van der Waals surface area contributed by atoms with Crippen LogP contribution >= 0.6 is 15.9 Å². The monoisotopic (exact) mass is 510 g/mol. The zero-order valence-electron chi connectivity index (χ0n) is 18.1. The largest absolute Gasteiger partial charge is 0.465 e. The van der Waals surface area contributed by atoms with Gasteiger partial charge in [0.05, 0.1) is 19.3 Å². The number of anilines is 1. The Bertz CT molecular complexity index is 1110. The zero-order valence-corrected chi connectivity index (χ0v) is 19.7. The lowest BCUT2D eigenvalue weighted by molar-refractivity contribution is -0.677. The number of esters is 1. The van der Waals surface area contributed by atoms with Crippen molar-refractivity contribution < 1.29 is 24.4 Å². The van der Waals surface area contributed by atoms with E-state index >= 15 is 0 Å². The number of halogens is 1. The fraction of sp³-hybridized carbons (Fsp3) is 0.160. The molecule has 2 amide bonds. The molecule has 0 bridgehead atoms. The summed E-state index contributed by atoms with van der Waals surface area (Å²) in [5, 5.41) is 7.37. The Kier molecular flexibility index (Phi) is 8.74. The predicted molar refractivity (Wildman–Crippen MR) is 129 cm³/mol. The number of rotatable bonds is 9. The maximum absolute atomic E-state index is 12.6. The average Bonchev–Trinajstić information content (AvgIpc) is 2.85. The van der Waals surface area contributed by atoms with Crippen molar-refractivity contribution in [2.24, 2.45) is 0 Å². The Hall–Kier alpha value is -3.49. The van der Waals surface area contributed by atoms with Gasteiger partial charge in [0, 0.05) is 21.2 Å². The SMILES string of the molecule is COC(=O)C[NH2+][C@H](c1ccccc1)c1cc(Br)ccc1NC(=O)CNC(=O)c1ccccc1. The molecule has 7 nitrogen and oxygen atoms in total. The van der Waals surface area contributed by atoms with Crippen LogP contribution in [0.4, 0.5) is 5.69 Å². The van der Waals surface area contributed by atoms with E-state index in [0.29, 0.717) is 11.3 Å². The van der Waals surface area contributed by atoms with E-state index in [1.165, 1.54) is 7.11 Å². The molecule has 3 aromatic carbocycles. The minimum absolute atomic E-state index is 0.114. The highest BCUT2D eigenvalue weighted by Gasteiger charge is 2.23. The van der Waals surface area contributed by atoms with Gasteiger partial charge in [-0.1, -0.05) is 64.5 Å². The Morgan fingerprint density at radius 3 is 2.30 bits per heavy atom. The normalized spacial score (nSPS) is 11.3. The number of methoxy groups -OCH3 is 1. The van der Waals surface area contributed by atoms with E-state index in [1.54, 1.807) is 30.3 Å². The van der Waals surface area contributed by atoms with Gasteiger partial charge in [0.1, 0.15) is 6.04 Å². The number of quaternary nitrogens is 1. The van der Waals surface area contributed by atoms with Crippen LogP contribution in [0.5, 0.6) is 0 Å². The molecule has 0 radical (unpaired) electrons. The van der Waals surface area contributed by atoms with Crippen molar-refractivity contribution >= 4 is 39.4 Å². The van der Waals surface area contributed by atoms with Gasteiger partial charge in [-0.25, -0.2) is 4.79 Å². The van der Waals surface area contributed by atoms with E-state index in [-0.39, 0.29) is 36.9 Å². The molecule has 8 heteroatoms. The van der Waals surface area contributed by atoms with Crippen molar-refractivity contribution in [3.05, 3.63) is 100 Å². The highest BCUT2D eigenvalue weighted by molar-refractivity contribution is 9.10. The number of hydrogen-bond donors (Lipinski definition) is 3. The summed E-state index contributed by atoms with van der Waals surface area (Å²) in [7, 11) is 1.35. The third-order valence-electron chi connectivity index (χ3n) is 4.97. The van der Waals surface area contributed by atoms with E-state index in [2.05, 4.69) is 26.6 Å². The summed E-state index contributed by atoms with van der Waals surface area (Å²) in [5.74, 6) is -1.03. The molecule has 0 fully saturated rings. The molecule has 0 unspecified atom stereocenters. The Morgan fingerprint density at radius 1 is 0.970 bits per heavy atom. The zero-order chi connectivity index (χ0) is 23.6. The van der Waals surface area contributed by atoms with E-state index in [9.17, 15) is 14.4 Å². The molecule has 0 aromatic heterocycles. The first kappa shape index (κ1) is 24.2. The van der Waals surface area contributed by atoms with Gasteiger partial charge in [-0.15, -0.1) is 0 Å². The molecule has 0 spiro atoms. The number of amides is 2. The maximum atomic E-state index is 12.6. The number of carbonyl (C=O) groups is 3. The lowest BCUT2D eigenvalue weighted by Crippen LogP contribution is -2.87. The molecule has 0 saturated carbocycles. The summed E-state index contributed by atoms with van der Waals surface area (Å²) in [4.78, 5) is 36.7. The number of hydrogen-bond acceptors (Lipinski definition) is 4. The minimum Gasteiger partial charge on any atom is -0.465 e. The summed E-state index contributed by atoms with van der Waals surface area (Å²) in [6, 6.07) is 23.6. The third-order valence-corrected chi connectivity index (χ3v) is 5.47. The molecule has 0 aliphatic heterocycles. The van der Waals surface area contributed by atoms with Gasteiger partial charge < -0.3 is 20.7 Å². The van der Waals surface area contributed by atoms with Gasteiger partial charge in [-0.2, -0.15) is 0 Å². The first-order chi connectivity index (χ1) is 16.0. The van der Waals surface area contributed by atoms with Crippen LogP contribution in [0.25, 0.3) is 0 Å². The topological polar surface area (TPSA) is 101 Å². The van der Waals surface area contributed by atoms with Crippen LogP contribution in [0.1, 0.15) is 27.5 Å². The second-order valence-electron chi connectivity index (χ2n) is 7.23. The number of benzene rings is 3. The number of ether oxygens (including phenoxy) is 1. The highest BCUT2D eigenvalue weighted by Crippen LogP contribution is 2.29. The van der Waals surface area contributed by atoms with Crippen LogP contribution in [0, 0.1) is 0 Å². The Labute approximate surface area is 200 Å². The summed E-state index contributed by atoms with van der Waals surface area (Å²) in [6.07, 6.45) is 0. The molecular formula is C25H25BrN3O4+. The summed E-state index contributed by atoms with van der Waals surface area (Å²) in [5.41, 5.74) is 2.85. The van der Waals surface area contributed by atoms with Gasteiger partial charge in [-0.05, 0) is 30.3 Å². The van der Waals surface area contributed by atoms with E-state index in [1.807, 2.05) is 53.8 Å². The van der Waals surface area contributed by atoms with E-state index in [4.69, 9.17) is 4.74 Å². The van der Waals surface area contributed by atoms with Gasteiger partial charge >= 0.3 is 5.97 Å². The fourth-order valence-electron chi connectivity index (χ4n) is 3.35. The van der Waals surface area contributed by atoms with E-state index in [0.717, 1.165) is 15.6 Å². The van der Waals surface area contributed by atoms with Crippen LogP contribution in [-0.2, 0) is 14.3 Å². The summed E-state index contributed by atoms with van der Waals surface area (Å²) >= 11 is 3.50. The first-order valence-corrected chi connectivity index (χ1v) is 11.1. The fourth-order valence-corrected chi connectivity index (χ4v) is 3.73. The van der Waals surface area contributed by atoms with Crippen LogP contribution in [-0.4, -0.2) is 38.0 Å². The molecule has 0 aliphatic rings. The molecule has 1 atom stereocenters. The third kappa shape index (κ3) is 7.00. The molecule has 0 saturated heterocycles. The lowest BCUT2D eigenvalue weighted by Gasteiger charge is -2.20. The van der Waals surface area contributed by atoms with E-state index < -0.39 is 0 Å². The minimum atomic E-state index is -0.359. The lowest BCUT2D eigenvalue weighted by atomic mass is 9.97. The smallest absolute Gasteiger partial charge is 0.361 e. The molecule has 4 N–H and O–H groups in total. The van der Waals surface area contributed by atoms with Crippen molar-refractivity contribution in [3.8, 4) is 0 Å². The summed E-state index contributed by atoms with van der Waals surface area (Å²) in [6.45, 7) is -0.0613. The molecule has 0 aliphatic carbocycles. The standard InChI is InChI=1S/C25H24BrN3O4/c1-33-23(31)16-27-24(17-8-4-2-5-9-17)20-14-19(26)12-13-21(20)29-22(30)15-28-25(32)18-10-6-3-7-11-18/h2-14,24,27H,15-16H2,1H3,(H,28,32)(H,29,30)/p+1/t24-/m1/s1. The molecule has 33 heavy (non-hydrogen) atoms. The molecule has 3 aromatic rings. The second-order valence-corrected chi connectivity index (χ2v) is 8.15. The number of carbonyl (C=O) groups excluding carboxylic acids is 3. The summed E-state index contributed by atoms with van der Waals surface area (Å²) < 4.78 is 5.63. The van der Waals surface area contributed by atoms with Crippen molar-refractivity contribution in [2.75, 3.05) is 25.5 Å². The quantitative estimate of drug-likeness (QED) is 0.385. The van der Waals surface area contributed by atoms with Gasteiger partial charge in [0.25, 0.3) is 5.91 Å². The van der Waals surface area contributed by atoms with Crippen molar-refractivity contribution in [1.29, 1.82) is 0 Å². The van der Waals surface area contributed by atoms with Crippen LogP contribution in [0.3, 0.4) is 0 Å². The van der Waals surface area contributed by atoms with Crippen LogP contribution in [0.15, 0.2) is 83.3 Å². The Balaban J connectivity index is 1.79. The van der Waals surface area contributed by atoms with Gasteiger partial charge in [0.2, 0.25) is 5.91 Å². The van der Waals surface area contributed by atoms with Crippen LogP contribution in [0.2, 0.25) is 0 Å². The predicted octanol–water partition coefficient (Wildman–Crippen LogP) is 2.64. The molecular weight excluding hydrogens is 486 g/mol. The second kappa shape index (κ2) is 11.9. The van der Waals surface area contributed by atoms with Gasteiger partial charge in [-0.3, -0.25) is 9.59 Å². The average molecular weight is 511 g/mol.